The van der Waals surface area contributed by atoms with Crippen molar-refractivity contribution < 1.29 is 22.7 Å². The standard InChI is InChI=1S/C14H13F3O2/c15-14(16,17)19-13-8-4-3-7-12(13)10-5-1-2-6-11(18)9-10/h3-4,7-9H,1-2,5-6H2. The maximum Gasteiger partial charge on any atom is 0.573 e. The lowest BCUT2D eigenvalue weighted by Gasteiger charge is -2.14. The molecule has 1 aliphatic carbocycles. The van der Waals surface area contributed by atoms with Crippen molar-refractivity contribution in [3.05, 3.63) is 35.9 Å². The number of hydrogen-bond donors (Lipinski definition) is 0. The molecule has 2 nitrogen and oxygen atoms in total. The Morgan fingerprint density at radius 1 is 1.05 bits per heavy atom. The van der Waals surface area contributed by atoms with Gasteiger partial charge in [0.15, 0.2) is 5.78 Å². The molecule has 0 heterocycles. The molecule has 0 saturated carbocycles. The molecule has 0 aromatic heterocycles. The highest BCUT2D eigenvalue weighted by Gasteiger charge is 2.32. The number of benzene rings is 1. The Bertz CT molecular complexity index is 504. The van der Waals surface area contributed by atoms with Gasteiger partial charge >= 0.3 is 6.36 Å². The van der Waals surface area contributed by atoms with Gasteiger partial charge in [-0.1, -0.05) is 18.2 Å². The van der Waals surface area contributed by atoms with Gasteiger partial charge in [0.25, 0.3) is 0 Å². The molecule has 0 spiro atoms. The maximum absolute atomic E-state index is 12.3. The molecule has 0 amide bonds. The van der Waals surface area contributed by atoms with Crippen molar-refractivity contribution in [1.82, 2.24) is 0 Å². The smallest absolute Gasteiger partial charge is 0.405 e. The lowest BCUT2D eigenvalue weighted by atomic mass is 10.0. The number of rotatable bonds is 2. The second-order valence-electron chi connectivity index (χ2n) is 4.39. The molecule has 0 saturated heterocycles. The Kier molecular flexibility index (Phi) is 3.93. The highest BCUT2D eigenvalue weighted by Crippen LogP contribution is 2.34. The van der Waals surface area contributed by atoms with E-state index in [4.69, 9.17) is 0 Å². The predicted molar refractivity (Wildman–Crippen MR) is 64.6 cm³/mol. The van der Waals surface area contributed by atoms with Crippen molar-refractivity contribution >= 4 is 11.4 Å². The zero-order chi connectivity index (χ0) is 13.9. The Hall–Kier alpha value is -1.78. The van der Waals surface area contributed by atoms with Gasteiger partial charge in [-0.2, -0.15) is 0 Å². The summed E-state index contributed by atoms with van der Waals surface area (Å²) in [5.74, 6) is -0.301. The lowest BCUT2D eigenvalue weighted by molar-refractivity contribution is -0.274. The molecule has 2 rings (SSSR count). The van der Waals surface area contributed by atoms with E-state index in [1.165, 1.54) is 18.2 Å². The largest absolute Gasteiger partial charge is 0.573 e. The normalized spacial score (nSPS) is 16.8. The summed E-state index contributed by atoms with van der Waals surface area (Å²) in [7, 11) is 0. The molecule has 5 heteroatoms. The number of halogens is 3. The minimum Gasteiger partial charge on any atom is -0.405 e. The van der Waals surface area contributed by atoms with E-state index in [2.05, 4.69) is 4.74 Å². The van der Waals surface area contributed by atoms with Crippen molar-refractivity contribution in [2.24, 2.45) is 0 Å². The number of ether oxygens (including phenoxy) is 1. The molecule has 0 atom stereocenters. The molecule has 1 aromatic carbocycles. The number of carbonyl (C=O) groups excluding carboxylic acids is 1. The fourth-order valence-corrected chi connectivity index (χ4v) is 2.11. The van der Waals surface area contributed by atoms with Gasteiger partial charge in [-0.3, -0.25) is 4.79 Å². The predicted octanol–water partition coefficient (Wildman–Crippen LogP) is 4.11. The molecular formula is C14H13F3O2. The quantitative estimate of drug-likeness (QED) is 0.808. The molecule has 0 fully saturated rings. The number of carbonyl (C=O) groups is 1. The molecule has 19 heavy (non-hydrogen) atoms. The van der Waals surface area contributed by atoms with E-state index in [1.807, 2.05) is 0 Å². The zero-order valence-corrected chi connectivity index (χ0v) is 10.2. The summed E-state index contributed by atoms with van der Waals surface area (Å²) < 4.78 is 41.0. The Labute approximate surface area is 108 Å². The van der Waals surface area contributed by atoms with Crippen LogP contribution in [0.2, 0.25) is 0 Å². The summed E-state index contributed by atoms with van der Waals surface area (Å²) in [5.41, 5.74) is 0.956. The average molecular weight is 270 g/mol. The van der Waals surface area contributed by atoms with Crippen LogP contribution in [0.5, 0.6) is 5.75 Å². The SMILES string of the molecule is O=C1C=C(c2ccccc2OC(F)(F)F)CCCC1. The third-order valence-electron chi connectivity index (χ3n) is 2.91. The van der Waals surface area contributed by atoms with Crippen LogP contribution in [0.4, 0.5) is 13.2 Å². The first-order valence-corrected chi connectivity index (χ1v) is 6.04. The van der Waals surface area contributed by atoms with Gasteiger partial charge < -0.3 is 4.74 Å². The van der Waals surface area contributed by atoms with Crippen LogP contribution < -0.4 is 4.74 Å². The summed E-state index contributed by atoms with van der Waals surface area (Å²) in [6.45, 7) is 0. The summed E-state index contributed by atoms with van der Waals surface area (Å²) in [4.78, 5) is 11.5. The maximum atomic E-state index is 12.3. The van der Waals surface area contributed by atoms with Gasteiger partial charge in [0.05, 0.1) is 0 Å². The van der Waals surface area contributed by atoms with Crippen LogP contribution in [0.25, 0.3) is 5.57 Å². The average Bonchev–Trinajstić information content (AvgIpc) is 2.52. The summed E-state index contributed by atoms with van der Waals surface area (Å²) in [6.07, 6.45) is -0.703. The van der Waals surface area contributed by atoms with E-state index >= 15 is 0 Å². The van der Waals surface area contributed by atoms with Crippen molar-refractivity contribution in [1.29, 1.82) is 0 Å². The molecule has 0 N–H and O–H groups in total. The summed E-state index contributed by atoms with van der Waals surface area (Å²) >= 11 is 0. The Morgan fingerprint density at radius 3 is 2.47 bits per heavy atom. The van der Waals surface area contributed by atoms with Gasteiger partial charge in [-0.25, -0.2) is 0 Å². The van der Waals surface area contributed by atoms with Gasteiger partial charge in [0.2, 0.25) is 0 Å². The van der Waals surface area contributed by atoms with Crippen molar-refractivity contribution in [3.63, 3.8) is 0 Å². The Balaban J connectivity index is 2.36. The van der Waals surface area contributed by atoms with E-state index in [0.717, 1.165) is 12.8 Å². The van der Waals surface area contributed by atoms with Crippen LogP contribution in [0.15, 0.2) is 30.3 Å². The van der Waals surface area contributed by atoms with E-state index in [0.29, 0.717) is 24.0 Å². The molecule has 1 aliphatic rings. The minimum atomic E-state index is -4.73. The van der Waals surface area contributed by atoms with Crippen molar-refractivity contribution in [2.45, 2.75) is 32.0 Å². The third-order valence-corrected chi connectivity index (χ3v) is 2.91. The van der Waals surface area contributed by atoms with Crippen LogP contribution in [0.3, 0.4) is 0 Å². The number of hydrogen-bond acceptors (Lipinski definition) is 2. The lowest BCUT2D eigenvalue weighted by Crippen LogP contribution is -2.18. The summed E-state index contributed by atoms with van der Waals surface area (Å²) in [6, 6.07) is 5.92. The first-order valence-electron chi connectivity index (χ1n) is 6.04. The molecule has 0 bridgehead atoms. The highest BCUT2D eigenvalue weighted by molar-refractivity contribution is 5.97. The number of ketones is 1. The van der Waals surface area contributed by atoms with Crippen LogP contribution in [-0.2, 0) is 4.79 Å². The number of para-hydroxylation sites is 1. The Morgan fingerprint density at radius 2 is 1.74 bits per heavy atom. The van der Waals surface area contributed by atoms with Gasteiger partial charge in [-0.05, 0) is 37.0 Å². The molecule has 1 aromatic rings. The highest BCUT2D eigenvalue weighted by atomic mass is 19.4. The monoisotopic (exact) mass is 270 g/mol. The number of allylic oxidation sites excluding steroid dienone is 2. The van der Waals surface area contributed by atoms with Crippen molar-refractivity contribution in [2.75, 3.05) is 0 Å². The molecule has 0 unspecified atom stereocenters. The molecule has 102 valence electrons. The summed E-state index contributed by atoms with van der Waals surface area (Å²) in [5, 5.41) is 0. The zero-order valence-electron chi connectivity index (χ0n) is 10.2. The van der Waals surface area contributed by atoms with Gasteiger partial charge in [-0.15, -0.1) is 13.2 Å². The van der Waals surface area contributed by atoms with Crippen molar-refractivity contribution in [3.8, 4) is 5.75 Å². The van der Waals surface area contributed by atoms with Crippen LogP contribution in [-0.4, -0.2) is 12.1 Å². The molecule has 0 aliphatic heterocycles. The van der Waals surface area contributed by atoms with E-state index in [1.54, 1.807) is 12.1 Å². The topological polar surface area (TPSA) is 26.3 Å². The van der Waals surface area contributed by atoms with E-state index in [-0.39, 0.29) is 11.5 Å². The van der Waals surface area contributed by atoms with E-state index < -0.39 is 6.36 Å². The second kappa shape index (κ2) is 5.47. The second-order valence-corrected chi connectivity index (χ2v) is 4.39. The fraction of sp³-hybridized carbons (Fsp3) is 0.357. The fourth-order valence-electron chi connectivity index (χ4n) is 2.11. The van der Waals surface area contributed by atoms with Gasteiger partial charge in [0.1, 0.15) is 5.75 Å². The molecule has 0 radical (unpaired) electrons. The van der Waals surface area contributed by atoms with E-state index in [9.17, 15) is 18.0 Å². The van der Waals surface area contributed by atoms with Gasteiger partial charge in [0, 0.05) is 12.0 Å². The number of alkyl halides is 3. The van der Waals surface area contributed by atoms with Crippen LogP contribution in [0.1, 0.15) is 31.2 Å². The van der Waals surface area contributed by atoms with Crippen LogP contribution in [0, 0.1) is 0 Å². The third kappa shape index (κ3) is 3.84. The first-order chi connectivity index (χ1) is 8.96. The minimum absolute atomic E-state index is 0.0469. The van der Waals surface area contributed by atoms with Crippen LogP contribution >= 0.6 is 0 Å². The molecular weight excluding hydrogens is 257 g/mol. The first kappa shape index (κ1) is 13.6.